The first kappa shape index (κ1) is 19.5. The third kappa shape index (κ3) is 4.52. The Kier molecular flexibility index (Phi) is 5.50. The number of carbonyl (C=O) groups is 1. The van der Waals surface area contributed by atoms with Crippen molar-refractivity contribution in [2.75, 3.05) is 13.1 Å². The molecule has 4 aromatic rings. The number of H-pyrrole nitrogens is 1. The lowest BCUT2D eigenvalue weighted by Gasteiger charge is -2.32. The number of aromatic amines is 1. The van der Waals surface area contributed by atoms with Gasteiger partial charge in [0.1, 0.15) is 0 Å². The van der Waals surface area contributed by atoms with E-state index in [4.69, 9.17) is 0 Å². The number of piperidine rings is 1. The van der Waals surface area contributed by atoms with Gasteiger partial charge < -0.3 is 10.3 Å². The second-order valence-corrected chi connectivity index (χ2v) is 8.20. The number of para-hydroxylation sites is 1. The van der Waals surface area contributed by atoms with Gasteiger partial charge in [-0.3, -0.25) is 14.7 Å². The van der Waals surface area contributed by atoms with Crippen molar-refractivity contribution in [1.82, 2.24) is 20.2 Å². The van der Waals surface area contributed by atoms with Crippen LogP contribution in [0.25, 0.3) is 27.9 Å². The van der Waals surface area contributed by atoms with Crippen LogP contribution in [0.4, 0.5) is 0 Å². The number of hydrogen-bond donors (Lipinski definition) is 2. The van der Waals surface area contributed by atoms with Gasteiger partial charge in [-0.05, 0) is 36.6 Å². The molecule has 1 saturated heterocycles. The molecule has 0 unspecified atom stereocenters. The number of benzene rings is 2. The first-order valence-corrected chi connectivity index (χ1v) is 10.9. The van der Waals surface area contributed by atoms with Crippen LogP contribution < -0.4 is 5.32 Å². The molecule has 5 heteroatoms. The van der Waals surface area contributed by atoms with Gasteiger partial charge in [-0.25, -0.2) is 0 Å². The highest BCUT2D eigenvalue weighted by Crippen LogP contribution is 2.25. The van der Waals surface area contributed by atoms with Gasteiger partial charge in [0.15, 0.2) is 0 Å². The van der Waals surface area contributed by atoms with Crippen LogP contribution in [0.5, 0.6) is 0 Å². The lowest BCUT2D eigenvalue weighted by Crippen LogP contribution is -2.43. The molecule has 3 heterocycles. The zero-order valence-electron chi connectivity index (χ0n) is 17.4. The number of nitrogens with zero attached hydrogens (tertiary/aromatic N) is 2. The Bertz CT molecular complexity index is 1220. The number of carbonyl (C=O) groups excluding carboxylic acids is 1. The third-order valence-corrected chi connectivity index (χ3v) is 6.00. The summed E-state index contributed by atoms with van der Waals surface area (Å²) in [6, 6.07) is 21.0. The van der Waals surface area contributed by atoms with E-state index in [1.54, 1.807) is 12.2 Å². The van der Waals surface area contributed by atoms with Gasteiger partial charge in [0.2, 0.25) is 5.91 Å². The van der Waals surface area contributed by atoms with Gasteiger partial charge in [0, 0.05) is 48.0 Å². The van der Waals surface area contributed by atoms with E-state index in [1.165, 1.54) is 10.9 Å². The Balaban J connectivity index is 1.17. The zero-order valence-corrected chi connectivity index (χ0v) is 17.4. The summed E-state index contributed by atoms with van der Waals surface area (Å²) in [6.07, 6.45) is 7.17. The number of hydrogen-bond acceptors (Lipinski definition) is 3. The predicted octanol–water partition coefficient (Wildman–Crippen LogP) is 4.51. The molecule has 0 atom stereocenters. The maximum Gasteiger partial charge on any atom is 0.244 e. The Morgan fingerprint density at radius 2 is 1.81 bits per heavy atom. The molecule has 1 fully saturated rings. The summed E-state index contributed by atoms with van der Waals surface area (Å²) >= 11 is 0. The van der Waals surface area contributed by atoms with E-state index in [-0.39, 0.29) is 11.9 Å². The van der Waals surface area contributed by atoms with Crippen LogP contribution in [0.2, 0.25) is 0 Å². The molecule has 2 N–H and O–H groups in total. The average Bonchev–Trinajstić information content (AvgIpc) is 3.18. The zero-order chi connectivity index (χ0) is 21.0. The highest BCUT2D eigenvalue weighted by Gasteiger charge is 2.20. The summed E-state index contributed by atoms with van der Waals surface area (Å²) in [5.74, 6) is -0.0534. The standard InChI is InChI=1S/C26H26N4O/c31-26(28-20-12-14-30(15-13-20)18-19-6-2-1-3-7-19)11-10-21-16-23-22-8-4-5-9-24(22)29-25(23)17-27-21/h1-11,16-17,20,29H,12-15,18H2,(H,28,31)/b11-10+. The molecule has 31 heavy (non-hydrogen) atoms. The van der Waals surface area contributed by atoms with Crippen molar-refractivity contribution in [2.45, 2.75) is 25.4 Å². The lowest BCUT2D eigenvalue weighted by atomic mass is 10.0. The van der Waals surface area contributed by atoms with Crippen LogP contribution in [-0.4, -0.2) is 39.9 Å². The minimum absolute atomic E-state index is 0.0534. The van der Waals surface area contributed by atoms with Crippen molar-refractivity contribution in [3.05, 3.63) is 84.2 Å². The lowest BCUT2D eigenvalue weighted by molar-refractivity contribution is -0.117. The summed E-state index contributed by atoms with van der Waals surface area (Å²) in [5.41, 5.74) is 4.22. The summed E-state index contributed by atoms with van der Waals surface area (Å²) in [4.78, 5) is 22.7. The first-order chi connectivity index (χ1) is 15.2. The smallest absolute Gasteiger partial charge is 0.244 e. The Morgan fingerprint density at radius 3 is 2.65 bits per heavy atom. The predicted molar refractivity (Wildman–Crippen MR) is 126 cm³/mol. The van der Waals surface area contributed by atoms with Gasteiger partial charge in [0.05, 0.1) is 17.4 Å². The van der Waals surface area contributed by atoms with E-state index >= 15 is 0 Å². The molecule has 0 aliphatic carbocycles. The van der Waals surface area contributed by atoms with E-state index in [9.17, 15) is 4.79 Å². The fraction of sp³-hybridized carbons (Fsp3) is 0.231. The van der Waals surface area contributed by atoms with E-state index in [2.05, 4.69) is 56.6 Å². The van der Waals surface area contributed by atoms with Crippen molar-refractivity contribution in [1.29, 1.82) is 0 Å². The summed E-state index contributed by atoms with van der Waals surface area (Å²) in [7, 11) is 0. The van der Waals surface area contributed by atoms with Gasteiger partial charge in [-0.1, -0.05) is 48.5 Å². The molecule has 0 bridgehead atoms. The van der Waals surface area contributed by atoms with Crippen LogP contribution in [0.1, 0.15) is 24.1 Å². The highest BCUT2D eigenvalue weighted by atomic mass is 16.1. The fourth-order valence-electron chi connectivity index (χ4n) is 4.34. The van der Waals surface area contributed by atoms with Crippen molar-refractivity contribution in [3.63, 3.8) is 0 Å². The van der Waals surface area contributed by atoms with Crippen LogP contribution in [0, 0.1) is 0 Å². The number of likely N-dealkylation sites (tertiary alicyclic amines) is 1. The fourth-order valence-corrected chi connectivity index (χ4v) is 4.34. The van der Waals surface area contributed by atoms with Crippen molar-refractivity contribution in [3.8, 4) is 0 Å². The van der Waals surface area contributed by atoms with Crippen LogP contribution in [0.15, 0.2) is 72.9 Å². The molecule has 1 aliphatic heterocycles. The Labute approximate surface area is 181 Å². The number of aromatic nitrogens is 2. The average molecular weight is 411 g/mol. The molecule has 2 aromatic heterocycles. The number of fused-ring (bicyclic) bond motifs is 3. The van der Waals surface area contributed by atoms with Crippen molar-refractivity contribution >= 4 is 33.8 Å². The van der Waals surface area contributed by atoms with Gasteiger partial charge in [-0.15, -0.1) is 0 Å². The van der Waals surface area contributed by atoms with Crippen molar-refractivity contribution in [2.24, 2.45) is 0 Å². The number of pyridine rings is 1. The molecule has 5 rings (SSSR count). The largest absolute Gasteiger partial charge is 0.353 e. The van der Waals surface area contributed by atoms with E-state index in [1.807, 2.05) is 30.5 Å². The molecule has 156 valence electrons. The molecule has 5 nitrogen and oxygen atoms in total. The van der Waals surface area contributed by atoms with Crippen LogP contribution >= 0.6 is 0 Å². The van der Waals surface area contributed by atoms with E-state index in [0.717, 1.165) is 54.6 Å². The molecule has 0 saturated carbocycles. The third-order valence-electron chi connectivity index (χ3n) is 6.00. The molecule has 1 aliphatic rings. The molecule has 1 amide bonds. The molecule has 0 spiro atoms. The summed E-state index contributed by atoms with van der Waals surface area (Å²) in [6.45, 7) is 2.98. The van der Waals surface area contributed by atoms with Gasteiger partial charge in [0.25, 0.3) is 0 Å². The normalized spacial score (nSPS) is 15.7. The summed E-state index contributed by atoms with van der Waals surface area (Å²) < 4.78 is 0. The second-order valence-electron chi connectivity index (χ2n) is 8.20. The van der Waals surface area contributed by atoms with Crippen molar-refractivity contribution < 1.29 is 4.79 Å². The number of rotatable bonds is 5. The summed E-state index contributed by atoms with van der Waals surface area (Å²) in [5, 5.41) is 5.44. The maximum absolute atomic E-state index is 12.4. The highest BCUT2D eigenvalue weighted by molar-refractivity contribution is 6.07. The van der Waals surface area contributed by atoms with E-state index in [0.29, 0.717) is 0 Å². The molecular formula is C26H26N4O. The quantitative estimate of drug-likeness (QED) is 0.476. The monoisotopic (exact) mass is 410 g/mol. The molecule has 2 aromatic carbocycles. The second kappa shape index (κ2) is 8.74. The van der Waals surface area contributed by atoms with Crippen LogP contribution in [-0.2, 0) is 11.3 Å². The Morgan fingerprint density at radius 1 is 1.03 bits per heavy atom. The minimum atomic E-state index is -0.0534. The first-order valence-electron chi connectivity index (χ1n) is 10.9. The van der Waals surface area contributed by atoms with E-state index < -0.39 is 0 Å². The SMILES string of the molecule is O=C(/C=C/c1cc2c(cn1)[nH]c1ccccc12)NC1CCN(Cc2ccccc2)CC1. The van der Waals surface area contributed by atoms with Crippen LogP contribution in [0.3, 0.4) is 0 Å². The number of nitrogens with one attached hydrogen (secondary N) is 2. The minimum Gasteiger partial charge on any atom is -0.353 e. The Hall–Kier alpha value is -3.44. The molecular weight excluding hydrogens is 384 g/mol. The maximum atomic E-state index is 12.4. The van der Waals surface area contributed by atoms with Gasteiger partial charge >= 0.3 is 0 Å². The topological polar surface area (TPSA) is 61.0 Å². The molecule has 0 radical (unpaired) electrons. The number of amides is 1. The van der Waals surface area contributed by atoms with Gasteiger partial charge in [-0.2, -0.15) is 0 Å².